The highest BCUT2D eigenvalue weighted by Gasteiger charge is 2.29. The van der Waals surface area contributed by atoms with Crippen LogP contribution in [0.5, 0.6) is 23.0 Å². The van der Waals surface area contributed by atoms with Crippen LogP contribution in [0.25, 0.3) is 6.08 Å². The summed E-state index contributed by atoms with van der Waals surface area (Å²) in [5, 5.41) is 10.4. The normalized spacial score (nSPS) is 15.5. The number of esters is 1. The maximum absolute atomic E-state index is 12.4. The molecule has 1 atom stereocenters. The molecule has 0 saturated carbocycles. The Morgan fingerprint density at radius 1 is 1.23 bits per heavy atom. The predicted molar refractivity (Wildman–Crippen MR) is 91.0 cm³/mol. The topological polar surface area (TPSA) is 97.1 Å². The van der Waals surface area contributed by atoms with Gasteiger partial charge in [-0.05, 0) is 29.8 Å². The number of rotatable bonds is 5. The summed E-state index contributed by atoms with van der Waals surface area (Å²) in [7, 11) is 1.41. The Kier molecular flexibility index (Phi) is 5.02. The smallest absolute Gasteiger partial charge is 0.356 e. The summed E-state index contributed by atoms with van der Waals surface area (Å²) in [4.78, 5) is 22.2. The molecule has 0 spiro atoms. The van der Waals surface area contributed by atoms with Gasteiger partial charge in [-0.2, -0.15) is 0 Å². The number of carbonyl (C=O) groups is 1. The fourth-order valence-electron chi connectivity index (χ4n) is 2.33. The van der Waals surface area contributed by atoms with E-state index in [9.17, 15) is 14.9 Å². The van der Waals surface area contributed by atoms with Crippen molar-refractivity contribution in [2.45, 2.75) is 6.10 Å². The first kappa shape index (κ1) is 17.3. The van der Waals surface area contributed by atoms with E-state index in [-0.39, 0.29) is 18.1 Å². The standard InChI is InChI=1S/C18H15NO7/c1-23-16-10-12(8-9-19(21)22)6-7-15(16)26-18(20)17-11-24-13-4-2-3-5-14(13)25-17/h2-10,17H,11H2,1H3/b9-8+. The molecule has 134 valence electrons. The van der Waals surface area contributed by atoms with Crippen molar-refractivity contribution in [3.8, 4) is 23.0 Å². The van der Waals surface area contributed by atoms with Gasteiger partial charge in [0.05, 0.1) is 12.0 Å². The summed E-state index contributed by atoms with van der Waals surface area (Å²) >= 11 is 0. The number of methoxy groups -OCH3 is 1. The molecule has 1 aliphatic rings. The number of nitro groups is 1. The zero-order valence-corrected chi connectivity index (χ0v) is 13.8. The van der Waals surface area contributed by atoms with Crippen LogP contribution in [0, 0.1) is 10.1 Å². The Bertz CT molecular complexity index is 862. The van der Waals surface area contributed by atoms with E-state index in [4.69, 9.17) is 18.9 Å². The van der Waals surface area contributed by atoms with Crippen molar-refractivity contribution >= 4 is 12.0 Å². The van der Waals surface area contributed by atoms with Gasteiger partial charge in [0, 0.05) is 6.08 Å². The molecule has 2 aromatic rings. The molecule has 1 aliphatic heterocycles. The molecule has 8 nitrogen and oxygen atoms in total. The molecule has 0 N–H and O–H groups in total. The number of nitrogens with zero attached hydrogens (tertiary/aromatic N) is 1. The quantitative estimate of drug-likeness (QED) is 0.351. The van der Waals surface area contributed by atoms with Crippen LogP contribution in [-0.4, -0.2) is 30.7 Å². The van der Waals surface area contributed by atoms with Gasteiger partial charge in [0.15, 0.2) is 23.0 Å². The highest BCUT2D eigenvalue weighted by molar-refractivity contribution is 5.79. The zero-order chi connectivity index (χ0) is 18.5. The Hall–Kier alpha value is -3.55. The lowest BCUT2D eigenvalue weighted by molar-refractivity contribution is -0.400. The van der Waals surface area contributed by atoms with E-state index in [1.54, 1.807) is 30.3 Å². The van der Waals surface area contributed by atoms with Crippen molar-refractivity contribution in [2.75, 3.05) is 13.7 Å². The minimum absolute atomic E-state index is 0.0296. The second kappa shape index (κ2) is 7.56. The van der Waals surface area contributed by atoms with Crippen molar-refractivity contribution in [1.29, 1.82) is 0 Å². The maximum atomic E-state index is 12.4. The van der Waals surface area contributed by atoms with Crippen molar-refractivity contribution in [3.63, 3.8) is 0 Å². The molecule has 1 unspecified atom stereocenters. The molecule has 0 aromatic heterocycles. The van der Waals surface area contributed by atoms with E-state index < -0.39 is 17.0 Å². The van der Waals surface area contributed by atoms with E-state index in [1.807, 2.05) is 0 Å². The average molecular weight is 357 g/mol. The number of benzene rings is 2. The summed E-state index contributed by atoms with van der Waals surface area (Å²) < 4.78 is 21.6. The third kappa shape index (κ3) is 3.92. The minimum Gasteiger partial charge on any atom is -0.493 e. The third-order valence-corrected chi connectivity index (χ3v) is 3.56. The van der Waals surface area contributed by atoms with Crippen LogP contribution in [0.2, 0.25) is 0 Å². The molecule has 0 bridgehead atoms. The lowest BCUT2D eigenvalue weighted by Gasteiger charge is -2.25. The van der Waals surface area contributed by atoms with Crippen LogP contribution in [0.1, 0.15) is 5.56 Å². The zero-order valence-electron chi connectivity index (χ0n) is 13.8. The number of hydrogen-bond donors (Lipinski definition) is 0. The van der Waals surface area contributed by atoms with Gasteiger partial charge in [-0.25, -0.2) is 4.79 Å². The molecular formula is C18H15NO7. The van der Waals surface area contributed by atoms with Gasteiger partial charge in [0.1, 0.15) is 6.61 Å². The van der Waals surface area contributed by atoms with E-state index in [1.165, 1.54) is 25.3 Å². The van der Waals surface area contributed by atoms with Crippen molar-refractivity contribution in [1.82, 2.24) is 0 Å². The van der Waals surface area contributed by atoms with Crippen molar-refractivity contribution in [3.05, 3.63) is 64.3 Å². The number of para-hydroxylation sites is 2. The Labute approximate surface area is 148 Å². The first-order valence-corrected chi connectivity index (χ1v) is 7.67. The second-order valence-corrected chi connectivity index (χ2v) is 5.30. The van der Waals surface area contributed by atoms with Crippen LogP contribution in [-0.2, 0) is 4.79 Å². The van der Waals surface area contributed by atoms with Gasteiger partial charge in [0.2, 0.25) is 12.3 Å². The number of hydrogen-bond acceptors (Lipinski definition) is 7. The molecule has 3 rings (SSSR count). The van der Waals surface area contributed by atoms with Gasteiger partial charge in [0.25, 0.3) is 0 Å². The SMILES string of the molecule is COc1cc(/C=C/[N+](=O)[O-])ccc1OC(=O)C1COc2ccccc2O1. The Morgan fingerprint density at radius 3 is 2.73 bits per heavy atom. The predicted octanol–water partition coefficient (Wildman–Crippen LogP) is 2.69. The molecule has 2 aromatic carbocycles. The van der Waals surface area contributed by atoms with Gasteiger partial charge >= 0.3 is 5.97 Å². The fourth-order valence-corrected chi connectivity index (χ4v) is 2.33. The molecular weight excluding hydrogens is 342 g/mol. The van der Waals surface area contributed by atoms with Crippen LogP contribution in [0.15, 0.2) is 48.7 Å². The molecule has 0 saturated heterocycles. The molecule has 0 fully saturated rings. The fraction of sp³-hybridized carbons (Fsp3) is 0.167. The Balaban J connectivity index is 1.72. The lowest BCUT2D eigenvalue weighted by Crippen LogP contribution is -2.39. The molecule has 0 radical (unpaired) electrons. The molecule has 0 amide bonds. The van der Waals surface area contributed by atoms with Gasteiger partial charge < -0.3 is 18.9 Å². The summed E-state index contributed by atoms with van der Waals surface area (Å²) in [5.74, 6) is 0.842. The van der Waals surface area contributed by atoms with Crippen LogP contribution in [0.3, 0.4) is 0 Å². The van der Waals surface area contributed by atoms with E-state index in [2.05, 4.69) is 0 Å². The van der Waals surface area contributed by atoms with Crippen LogP contribution < -0.4 is 18.9 Å². The van der Waals surface area contributed by atoms with Crippen LogP contribution in [0.4, 0.5) is 0 Å². The molecule has 26 heavy (non-hydrogen) atoms. The molecule has 8 heteroatoms. The van der Waals surface area contributed by atoms with Gasteiger partial charge in [-0.15, -0.1) is 0 Å². The van der Waals surface area contributed by atoms with Crippen LogP contribution >= 0.6 is 0 Å². The summed E-state index contributed by atoms with van der Waals surface area (Å²) in [5.41, 5.74) is 0.532. The van der Waals surface area contributed by atoms with E-state index in [0.717, 1.165) is 6.20 Å². The lowest BCUT2D eigenvalue weighted by atomic mass is 10.2. The number of ether oxygens (including phenoxy) is 4. The van der Waals surface area contributed by atoms with Crippen molar-refractivity contribution < 1.29 is 28.7 Å². The third-order valence-electron chi connectivity index (χ3n) is 3.56. The van der Waals surface area contributed by atoms with E-state index in [0.29, 0.717) is 17.1 Å². The summed E-state index contributed by atoms with van der Waals surface area (Å²) in [6, 6.07) is 11.6. The monoisotopic (exact) mass is 357 g/mol. The average Bonchev–Trinajstić information content (AvgIpc) is 2.66. The summed E-state index contributed by atoms with van der Waals surface area (Å²) in [6.07, 6.45) is 1.21. The maximum Gasteiger partial charge on any atom is 0.356 e. The second-order valence-electron chi connectivity index (χ2n) is 5.30. The molecule has 0 aliphatic carbocycles. The van der Waals surface area contributed by atoms with Gasteiger partial charge in [-0.1, -0.05) is 18.2 Å². The first-order valence-electron chi connectivity index (χ1n) is 7.67. The minimum atomic E-state index is -0.913. The van der Waals surface area contributed by atoms with Gasteiger partial charge in [-0.3, -0.25) is 10.1 Å². The summed E-state index contributed by atoms with van der Waals surface area (Å²) in [6.45, 7) is 0.0296. The number of fused-ring (bicyclic) bond motifs is 1. The van der Waals surface area contributed by atoms with Crippen molar-refractivity contribution in [2.24, 2.45) is 0 Å². The highest BCUT2D eigenvalue weighted by atomic mass is 16.6. The molecule has 1 heterocycles. The Morgan fingerprint density at radius 2 is 2.00 bits per heavy atom. The number of carbonyl (C=O) groups excluding carboxylic acids is 1. The highest BCUT2D eigenvalue weighted by Crippen LogP contribution is 2.33. The first-order chi connectivity index (χ1) is 12.6. The largest absolute Gasteiger partial charge is 0.493 e. The van der Waals surface area contributed by atoms with E-state index >= 15 is 0 Å².